The number of nitrogens with one attached hydrogen (secondary N) is 1. The van der Waals surface area contributed by atoms with E-state index in [-0.39, 0.29) is 49.7 Å². The maximum Gasteiger partial charge on any atom is 0.410 e. The Balaban J connectivity index is 1.65. The van der Waals surface area contributed by atoms with Crippen LogP contribution < -0.4 is 15.0 Å². The van der Waals surface area contributed by atoms with Gasteiger partial charge in [0.05, 0.1) is 13.0 Å². The molecule has 1 aromatic rings. The summed E-state index contributed by atoms with van der Waals surface area (Å²) in [5.74, 6) is -2.54. The van der Waals surface area contributed by atoms with Crippen LogP contribution in [0.5, 0.6) is 5.88 Å². The lowest BCUT2D eigenvalue weighted by atomic mass is 9.96. The highest BCUT2D eigenvalue weighted by molar-refractivity contribution is 5.86. The van der Waals surface area contributed by atoms with Crippen LogP contribution >= 0.6 is 0 Å². The van der Waals surface area contributed by atoms with E-state index < -0.39 is 41.6 Å². The number of hydrogen-bond donors (Lipinski definition) is 1. The molecule has 8 nitrogen and oxygen atoms in total. The second-order valence-corrected chi connectivity index (χ2v) is 9.81. The Labute approximate surface area is 201 Å². The summed E-state index contributed by atoms with van der Waals surface area (Å²) in [7, 11) is 1.34. The summed E-state index contributed by atoms with van der Waals surface area (Å²) in [6.45, 7) is 5.57. The quantitative estimate of drug-likeness (QED) is 0.610. The summed E-state index contributed by atoms with van der Waals surface area (Å²) in [6, 6.07) is 0.459. The number of amides is 2. The summed E-state index contributed by atoms with van der Waals surface area (Å²) in [6.07, 6.45) is -3.99. The number of anilines is 1. The van der Waals surface area contributed by atoms with Crippen molar-refractivity contribution in [1.29, 1.82) is 0 Å². The number of pyridine rings is 1. The Kier molecular flexibility index (Phi) is 8.00. The van der Waals surface area contributed by atoms with E-state index in [0.717, 1.165) is 6.07 Å². The molecule has 0 radical (unpaired) electrons. The molecule has 2 saturated heterocycles. The van der Waals surface area contributed by atoms with Crippen molar-refractivity contribution < 1.29 is 36.6 Å². The molecule has 3 rings (SSSR count). The lowest BCUT2D eigenvalue weighted by Gasteiger charge is -2.34. The van der Waals surface area contributed by atoms with Crippen molar-refractivity contribution in [3.05, 3.63) is 17.4 Å². The SMILES string of the molecule is COc1nc(N2CCC(C(F)(F)F)CC2)c(F)cc1CNC(=O)C1CCCN1C(=O)OC(C)(C)C. The van der Waals surface area contributed by atoms with Gasteiger partial charge in [0.15, 0.2) is 11.6 Å². The standard InChI is InChI=1S/C23H32F4N4O4/c1-22(2,3)35-21(33)31-9-5-6-17(31)19(32)28-13-14-12-16(24)18(29-20(14)34-4)30-10-7-15(8-11-30)23(25,26)27/h12,15,17H,5-11,13H2,1-4H3,(H,28,32). The largest absolute Gasteiger partial charge is 0.481 e. The van der Waals surface area contributed by atoms with Gasteiger partial charge in [0.25, 0.3) is 0 Å². The van der Waals surface area contributed by atoms with E-state index in [1.807, 2.05) is 0 Å². The van der Waals surface area contributed by atoms with E-state index in [2.05, 4.69) is 10.3 Å². The Hall–Kier alpha value is -2.79. The Morgan fingerprint density at radius 3 is 2.37 bits per heavy atom. The van der Waals surface area contributed by atoms with Gasteiger partial charge >= 0.3 is 12.3 Å². The van der Waals surface area contributed by atoms with Gasteiger partial charge in [0, 0.05) is 31.7 Å². The highest BCUT2D eigenvalue weighted by Gasteiger charge is 2.41. The number of likely N-dealkylation sites (tertiary alicyclic amines) is 1. The number of nitrogens with zero attached hydrogens (tertiary/aromatic N) is 3. The number of carbonyl (C=O) groups excluding carboxylic acids is 2. The summed E-state index contributed by atoms with van der Waals surface area (Å²) in [5.41, 5.74) is -0.421. The molecule has 2 amide bonds. The molecule has 1 unspecified atom stereocenters. The van der Waals surface area contributed by atoms with Crippen LogP contribution in [0.4, 0.5) is 28.2 Å². The third kappa shape index (κ3) is 6.66. The fourth-order valence-electron chi connectivity index (χ4n) is 4.32. The molecule has 2 fully saturated rings. The average Bonchev–Trinajstić information content (AvgIpc) is 3.26. The summed E-state index contributed by atoms with van der Waals surface area (Å²) in [5, 5.41) is 2.70. The number of hydrogen-bond acceptors (Lipinski definition) is 6. The third-order valence-corrected chi connectivity index (χ3v) is 6.08. The molecule has 0 spiro atoms. The molecule has 2 aliphatic heterocycles. The van der Waals surface area contributed by atoms with Gasteiger partial charge in [-0.25, -0.2) is 9.18 Å². The molecule has 2 aliphatic rings. The minimum atomic E-state index is -4.27. The summed E-state index contributed by atoms with van der Waals surface area (Å²) >= 11 is 0. The molecule has 0 aromatic carbocycles. The van der Waals surface area contributed by atoms with Crippen LogP contribution in [0.2, 0.25) is 0 Å². The van der Waals surface area contributed by atoms with E-state index in [1.54, 1.807) is 20.8 Å². The fraction of sp³-hybridized carbons (Fsp3) is 0.696. The zero-order valence-electron chi connectivity index (χ0n) is 20.4. The van der Waals surface area contributed by atoms with E-state index >= 15 is 0 Å². The van der Waals surface area contributed by atoms with Gasteiger partial charge in [0.2, 0.25) is 11.8 Å². The van der Waals surface area contributed by atoms with Crippen LogP contribution in [0, 0.1) is 11.7 Å². The van der Waals surface area contributed by atoms with Crippen LogP contribution in [0.3, 0.4) is 0 Å². The predicted octanol–water partition coefficient (Wildman–Crippen LogP) is 4.02. The van der Waals surface area contributed by atoms with Crippen LogP contribution in [-0.2, 0) is 16.1 Å². The lowest BCUT2D eigenvalue weighted by molar-refractivity contribution is -0.179. The van der Waals surface area contributed by atoms with Crippen molar-refractivity contribution in [2.75, 3.05) is 31.6 Å². The first kappa shape index (κ1) is 26.8. The molecule has 196 valence electrons. The van der Waals surface area contributed by atoms with Gasteiger partial charge in [-0.2, -0.15) is 18.2 Å². The molecule has 1 N–H and O–H groups in total. The molecular weight excluding hydrogens is 472 g/mol. The first-order valence-electron chi connectivity index (χ1n) is 11.6. The van der Waals surface area contributed by atoms with Gasteiger partial charge in [-0.15, -0.1) is 0 Å². The molecule has 1 atom stereocenters. The molecule has 0 saturated carbocycles. The van der Waals surface area contributed by atoms with Crippen molar-refractivity contribution in [1.82, 2.24) is 15.2 Å². The number of alkyl halides is 3. The second-order valence-electron chi connectivity index (χ2n) is 9.81. The molecule has 35 heavy (non-hydrogen) atoms. The fourth-order valence-corrected chi connectivity index (χ4v) is 4.32. The second kappa shape index (κ2) is 10.4. The Bertz CT molecular complexity index is 927. The first-order chi connectivity index (χ1) is 16.3. The summed E-state index contributed by atoms with van der Waals surface area (Å²) < 4.78 is 64.3. The number of ether oxygens (including phenoxy) is 2. The minimum Gasteiger partial charge on any atom is -0.481 e. The maximum absolute atomic E-state index is 14.9. The van der Waals surface area contributed by atoms with E-state index in [9.17, 15) is 27.2 Å². The van der Waals surface area contributed by atoms with Crippen molar-refractivity contribution in [3.8, 4) is 5.88 Å². The molecule has 3 heterocycles. The molecule has 0 aliphatic carbocycles. The van der Waals surface area contributed by atoms with Crippen molar-refractivity contribution in [2.45, 2.75) is 70.8 Å². The van der Waals surface area contributed by atoms with Crippen molar-refractivity contribution in [3.63, 3.8) is 0 Å². The average molecular weight is 505 g/mol. The van der Waals surface area contributed by atoms with E-state index in [0.29, 0.717) is 19.4 Å². The van der Waals surface area contributed by atoms with Crippen LogP contribution in [-0.4, -0.2) is 66.4 Å². The van der Waals surface area contributed by atoms with E-state index in [1.165, 1.54) is 16.9 Å². The zero-order valence-corrected chi connectivity index (χ0v) is 20.4. The van der Waals surface area contributed by atoms with Gasteiger partial charge in [-0.05, 0) is 52.5 Å². The summed E-state index contributed by atoms with van der Waals surface area (Å²) in [4.78, 5) is 32.3. The van der Waals surface area contributed by atoms with Crippen LogP contribution in [0.25, 0.3) is 0 Å². The topological polar surface area (TPSA) is 84.0 Å². The normalized spacial score (nSPS) is 19.6. The number of piperidine rings is 1. The third-order valence-electron chi connectivity index (χ3n) is 6.08. The van der Waals surface area contributed by atoms with Gasteiger partial charge < -0.3 is 19.7 Å². The van der Waals surface area contributed by atoms with E-state index in [4.69, 9.17) is 9.47 Å². The van der Waals surface area contributed by atoms with Gasteiger partial charge in [0.1, 0.15) is 11.6 Å². The zero-order chi connectivity index (χ0) is 26.0. The highest BCUT2D eigenvalue weighted by atomic mass is 19.4. The molecule has 1 aromatic heterocycles. The number of carbonyl (C=O) groups is 2. The minimum absolute atomic E-state index is 0.0233. The predicted molar refractivity (Wildman–Crippen MR) is 120 cm³/mol. The monoisotopic (exact) mass is 504 g/mol. The molecule has 12 heteroatoms. The van der Waals surface area contributed by atoms with Crippen LogP contribution in [0.15, 0.2) is 6.07 Å². The Morgan fingerprint density at radius 2 is 1.80 bits per heavy atom. The smallest absolute Gasteiger partial charge is 0.410 e. The van der Waals surface area contributed by atoms with Gasteiger partial charge in [-0.3, -0.25) is 9.69 Å². The van der Waals surface area contributed by atoms with Gasteiger partial charge in [-0.1, -0.05) is 0 Å². The number of methoxy groups -OCH3 is 1. The first-order valence-corrected chi connectivity index (χ1v) is 11.6. The molecular formula is C23H32F4N4O4. The van der Waals surface area contributed by atoms with Crippen LogP contribution in [0.1, 0.15) is 52.0 Å². The van der Waals surface area contributed by atoms with Crippen molar-refractivity contribution >= 4 is 17.8 Å². The lowest BCUT2D eigenvalue weighted by Crippen LogP contribution is -2.47. The molecule has 0 bridgehead atoms. The maximum atomic E-state index is 14.9. The Morgan fingerprint density at radius 1 is 1.14 bits per heavy atom. The number of rotatable bonds is 5. The number of halogens is 4. The van der Waals surface area contributed by atoms with Crippen molar-refractivity contribution in [2.24, 2.45) is 5.92 Å². The number of aromatic nitrogens is 1. The highest BCUT2D eigenvalue weighted by Crippen LogP contribution is 2.36.